The fraction of sp³-hybridized carbons (Fsp3) is 0.778. The van der Waals surface area contributed by atoms with Crippen LogP contribution >= 0.6 is 0 Å². The van der Waals surface area contributed by atoms with Gasteiger partial charge in [0.25, 0.3) is 0 Å². The number of aliphatic hydroxyl groups excluding tert-OH is 1. The summed E-state index contributed by atoms with van der Waals surface area (Å²) in [6.45, 7) is -1.17. The Morgan fingerprint density at radius 1 is 1.10 bits per heavy atom. The zero-order valence-electron chi connectivity index (χ0n) is 9.91. The summed E-state index contributed by atoms with van der Waals surface area (Å²) in [5, 5.41) is 15.3. The van der Waals surface area contributed by atoms with E-state index in [1.807, 2.05) is 0 Å². The van der Waals surface area contributed by atoms with Crippen molar-refractivity contribution in [3.63, 3.8) is 0 Å². The van der Waals surface area contributed by atoms with Crippen LogP contribution in [0.1, 0.15) is 11.6 Å². The molecule has 1 aromatic heterocycles. The molecule has 0 aliphatic carbocycles. The van der Waals surface area contributed by atoms with Crippen molar-refractivity contribution in [2.45, 2.75) is 31.5 Å². The second-order valence-electron chi connectivity index (χ2n) is 4.38. The van der Waals surface area contributed by atoms with Crippen molar-refractivity contribution in [3.8, 4) is 0 Å². The Hall–Kier alpha value is -1.36. The Bertz CT molecular complexity index is 482. The third-order valence-electron chi connectivity index (χ3n) is 2.89. The van der Waals surface area contributed by atoms with E-state index in [4.69, 9.17) is 5.11 Å². The molecule has 0 saturated heterocycles. The van der Waals surface area contributed by atoms with Crippen LogP contribution in [0.25, 0.3) is 0 Å². The van der Waals surface area contributed by atoms with E-state index in [1.54, 1.807) is 0 Å². The van der Waals surface area contributed by atoms with Gasteiger partial charge in [0.1, 0.15) is 5.82 Å². The summed E-state index contributed by atoms with van der Waals surface area (Å²) in [7, 11) is 0. The highest BCUT2D eigenvalue weighted by molar-refractivity contribution is 5.02. The molecule has 20 heavy (non-hydrogen) atoms. The van der Waals surface area contributed by atoms with Crippen LogP contribution < -0.4 is 0 Å². The summed E-state index contributed by atoms with van der Waals surface area (Å²) < 4.78 is 75.1. The van der Waals surface area contributed by atoms with Crippen molar-refractivity contribution in [3.05, 3.63) is 11.6 Å². The molecule has 0 spiro atoms. The minimum Gasteiger partial charge on any atom is -0.382 e. The first kappa shape index (κ1) is 15.0. The van der Waals surface area contributed by atoms with Gasteiger partial charge in [-0.2, -0.15) is 26.3 Å². The highest BCUT2D eigenvalue weighted by Gasteiger charge is 2.42. The number of aromatic nitrogens is 3. The molecule has 11 heteroatoms. The number of alkyl halides is 6. The topological polar surface area (TPSA) is 54.2 Å². The van der Waals surface area contributed by atoms with E-state index in [9.17, 15) is 26.3 Å². The van der Waals surface area contributed by atoms with Crippen molar-refractivity contribution in [1.82, 2.24) is 19.7 Å². The standard InChI is InChI=1S/C9H10F6N4O/c10-8(11,12)5(20)3-18-1-2-19-6(4-18)16-17-7(19)9(13,14)15/h5,20H,1-4H2. The zero-order valence-corrected chi connectivity index (χ0v) is 9.91. The van der Waals surface area contributed by atoms with Crippen molar-refractivity contribution in [1.29, 1.82) is 0 Å². The molecule has 5 nitrogen and oxygen atoms in total. The predicted molar refractivity (Wildman–Crippen MR) is 52.4 cm³/mol. The first-order valence-electron chi connectivity index (χ1n) is 5.55. The number of β-amino-alcohol motifs (C(OH)–C–C–N with tert-alkyl or cyclic N) is 1. The van der Waals surface area contributed by atoms with Crippen molar-refractivity contribution >= 4 is 0 Å². The predicted octanol–water partition coefficient (Wildman–Crippen LogP) is 1.04. The fourth-order valence-corrected chi connectivity index (χ4v) is 1.92. The van der Waals surface area contributed by atoms with Gasteiger partial charge < -0.3 is 9.67 Å². The fourth-order valence-electron chi connectivity index (χ4n) is 1.92. The van der Waals surface area contributed by atoms with Gasteiger partial charge in [-0.25, -0.2) is 0 Å². The number of halogens is 6. The largest absolute Gasteiger partial charge is 0.451 e. The molecule has 1 aliphatic heterocycles. The maximum absolute atomic E-state index is 12.5. The first-order chi connectivity index (χ1) is 9.09. The molecule has 1 atom stereocenters. The maximum atomic E-state index is 12.5. The lowest BCUT2D eigenvalue weighted by molar-refractivity contribution is -0.209. The lowest BCUT2D eigenvalue weighted by Crippen LogP contribution is -2.44. The van der Waals surface area contributed by atoms with Gasteiger partial charge in [0.05, 0.1) is 6.54 Å². The average Bonchev–Trinajstić information content (AvgIpc) is 2.70. The molecule has 1 aliphatic rings. The Balaban J connectivity index is 2.08. The van der Waals surface area contributed by atoms with Gasteiger partial charge in [-0.05, 0) is 0 Å². The SMILES string of the molecule is OC(CN1CCn2c(nnc2C(F)(F)F)C1)C(F)(F)F. The number of hydrogen-bond acceptors (Lipinski definition) is 4. The second-order valence-corrected chi connectivity index (χ2v) is 4.38. The van der Waals surface area contributed by atoms with E-state index in [-0.39, 0.29) is 25.5 Å². The molecule has 0 aromatic carbocycles. The van der Waals surface area contributed by atoms with Gasteiger partial charge in [-0.1, -0.05) is 0 Å². The Kier molecular flexibility index (Phi) is 3.67. The van der Waals surface area contributed by atoms with Crippen LogP contribution in [-0.4, -0.2) is 50.1 Å². The summed E-state index contributed by atoms with van der Waals surface area (Å²) in [4.78, 5) is 1.18. The monoisotopic (exact) mass is 304 g/mol. The Morgan fingerprint density at radius 3 is 2.30 bits per heavy atom. The molecule has 0 amide bonds. The Labute approximate surface area is 108 Å². The van der Waals surface area contributed by atoms with E-state index < -0.39 is 30.8 Å². The molecule has 1 aromatic rings. The number of hydrogen-bond donors (Lipinski definition) is 1. The molecule has 0 saturated carbocycles. The van der Waals surface area contributed by atoms with Crippen molar-refractivity contribution in [2.75, 3.05) is 13.1 Å². The highest BCUT2D eigenvalue weighted by Crippen LogP contribution is 2.29. The highest BCUT2D eigenvalue weighted by atomic mass is 19.4. The van der Waals surface area contributed by atoms with Crippen LogP contribution in [0.15, 0.2) is 0 Å². The third kappa shape index (κ3) is 3.03. The molecular weight excluding hydrogens is 294 g/mol. The van der Waals surface area contributed by atoms with Crippen LogP contribution in [0.3, 0.4) is 0 Å². The van der Waals surface area contributed by atoms with Gasteiger partial charge in [0.2, 0.25) is 5.82 Å². The van der Waals surface area contributed by atoms with E-state index in [1.165, 1.54) is 4.90 Å². The molecule has 1 unspecified atom stereocenters. The maximum Gasteiger partial charge on any atom is 0.451 e. The first-order valence-corrected chi connectivity index (χ1v) is 5.55. The number of nitrogens with zero attached hydrogens (tertiary/aromatic N) is 4. The van der Waals surface area contributed by atoms with E-state index in [0.717, 1.165) is 4.57 Å². The van der Waals surface area contributed by atoms with E-state index >= 15 is 0 Å². The van der Waals surface area contributed by atoms with Gasteiger partial charge in [-0.3, -0.25) is 4.90 Å². The second kappa shape index (κ2) is 4.88. The minimum absolute atomic E-state index is 0.0543. The molecule has 114 valence electrons. The summed E-state index contributed by atoms with van der Waals surface area (Å²) in [5.41, 5.74) is 0. The van der Waals surface area contributed by atoms with E-state index in [0.29, 0.717) is 0 Å². The van der Waals surface area contributed by atoms with Crippen LogP contribution in [-0.2, 0) is 19.3 Å². The van der Waals surface area contributed by atoms with Crippen LogP contribution in [0.4, 0.5) is 26.3 Å². The van der Waals surface area contributed by atoms with Crippen LogP contribution in [0.2, 0.25) is 0 Å². The van der Waals surface area contributed by atoms with Crippen molar-refractivity contribution < 1.29 is 31.4 Å². The molecule has 0 bridgehead atoms. The summed E-state index contributed by atoms with van der Waals surface area (Å²) in [5.74, 6) is -1.23. The number of aliphatic hydroxyl groups is 1. The van der Waals surface area contributed by atoms with Gasteiger partial charge in [0.15, 0.2) is 6.10 Å². The normalized spacial score (nSPS) is 18.9. The number of rotatable bonds is 2. The third-order valence-corrected chi connectivity index (χ3v) is 2.89. The molecule has 0 fully saturated rings. The smallest absolute Gasteiger partial charge is 0.382 e. The van der Waals surface area contributed by atoms with Crippen molar-refractivity contribution in [2.24, 2.45) is 0 Å². The molecule has 0 radical (unpaired) electrons. The van der Waals surface area contributed by atoms with Crippen LogP contribution in [0, 0.1) is 0 Å². The van der Waals surface area contributed by atoms with Gasteiger partial charge in [-0.15, -0.1) is 10.2 Å². The number of fused-ring (bicyclic) bond motifs is 1. The Morgan fingerprint density at radius 2 is 1.75 bits per heavy atom. The zero-order chi connectivity index (χ0) is 15.1. The lowest BCUT2D eigenvalue weighted by atomic mass is 10.2. The summed E-state index contributed by atoms with van der Waals surface area (Å²) in [6.07, 6.45) is -12.0. The molecule has 2 rings (SSSR count). The molecule has 2 heterocycles. The molecule has 1 N–H and O–H groups in total. The average molecular weight is 304 g/mol. The van der Waals surface area contributed by atoms with E-state index in [2.05, 4.69) is 10.2 Å². The lowest BCUT2D eigenvalue weighted by Gasteiger charge is -2.29. The molecular formula is C9H10F6N4O. The summed E-state index contributed by atoms with van der Waals surface area (Å²) in [6, 6.07) is 0. The van der Waals surface area contributed by atoms with Gasteiger partial charge >= 0.3 is 12.4 Å². The summed E-state index contributed by atoms with van der Waals surface area (Å²) >= 11 is 0. The van der Waals surface area contributed by atoms with Crippen LogP contribution in [0.5, 0.6) is 0 Å². The quantitative estimate of drug-likeness (QED) is 0.830. The minimum atomic E-state index is -4.76. The van der Waals surface area contributed by atoms with Gasteiger partial charge in [0, 0.05) is 19.6 Å².